The summed E-state index contributed by atoms with van der Waals surface area (Å²) in [4.78, 5) is 24.6. The van der Waals surface area contributed by atoms with Crippen molar-refractivity contribution in [3.8, 4) is 0 Å². The standard InChI is InChI=1S/C14H20N2O3/c1-10(2)16(3)12(17)9-15-13(14(18)19)11-7-5-4-6-8-11/h4-8,10,13,15H,9H2,1-3H3,(H,18,19). The molecule has 1 aromatic rings. The normalized spacial score (nSPS) is 12.2. The summed E-state index contributed by atoms with van der Waals surface area (Å²) in [6.45, 7) is 3.81. The summed E-state index contributed by atoms with van der Waals surface area (Å²) in [7, 11) is 1.70. The van der Waals surface area contributed by atoms with E-state index < -0.39 is 12.0 Å². The fourth-order valence-corrected chi connectivity index (χ4v) is 1.60. The Bertz CT molecular complexity index is 432. The number of aliphatic carboxylic acids is 1. The Kier molecular flexibility index (Phi) is 5.51. The molecule has 0 fully saturated rings. The first-order valence-electron chi connectivity index (χ1n) is 6.20. The molecule has 104 valence electrons. The minimum atomic E-state index is -0.994. The van der Waals surface area contributed by atoms with Gasteiger partial charge in [0.05, 0.1) is 6.54 Å². The first-order valence-corrected chi connectivity index (χ1v) is 6.20. The van der Waals surface area contributed by atoms with Gasteiger partial charge in [-0.05, 0) is 19.4 Å². The molecule has 5 heteroatoms. The minimum Gasteiger partial charge on any atom is -0.480 e. The Balaban J connectivity index is 2.67. The highest BCUT2D eigenvalue weighted by Crippen LogP contribution is 2.12. The number of benzene rings is 1. The van der Waals surface area contributed by atoms with Crippen molar-refractivity contribution in [2.24, 2.45) is 0 Å². The van der Waals surface area contributed by atoms with Crippen LogP contribution in [0.2, 0.25) is 0 Å². The molecule has 0 saturated heterocycles. The van der Waals surface area contributed by atoms with Crippen LogP contribution in [-0.2, 0) is 9.59 Å². The second kappa shape index (κ2) is 6.89. The summed E-state index contributed by atoms with van der Waals surface area (Å²) in [6.07, 6.45) is 0. The average Bonchev–Trinajstić information content (AvgIpc) is 2.38. The Morgan fingerprint density at radius 1 is 1.26 bits per heavy atom. The van der Waals surface area contributed by atoms with Crippen molar-refractivity contribution in [2.45, 2.75) is 25.9 Å². The lowest BCUT2D eigenvalue weighted by molar-refractivity contribution is -0.140. The van der Waals surface area contributed by atoms with Crippen molar-refractivity contribution in [1.82, 2.24) is 10.2 Å². The van der Waals surface area contributed by atoms with Crippen molar-refractivity contribution >= 4 is 11.9 Å². The first kappa shape index (κ1) is 15.2. The smallest absolute Gasteiger partial charge is 0.325 e. The number of carboxylic acid groups (broad SMARTS) is 1. The van der Waals surface area contributed by atoms with Gasteiger partial charge in [-0.15, -0.1) is 0 Å². The van der Waals surface area contributed by atoms with Crippen LogP contribution in [0.3, 0.4) is 0 Å². The Labute approximate surface area is 113 Å². The SMILES string of the molecule is CC(C)N(C)C(=O)CNC(C(=O)O)c1ccccc1. The summed E-state index contributed by atoms with van der Waals surface area (Å²) in [5.74, 6) is -1.12. The maximum Gasteiger partial charge on any atom is 0.325 e. The van der Waals surface area contributed by atoms with Crippen LogP contribution >= 0.6 is 0 Å². The van der Waals surface area contributed by atoms with Gasteiger partial charge in [0.15, 0.2) is 0 Å². The van der Waals surface area contributed by atoms with E-state index >= 15 is 0 Å². The molecule has 0 aromatic heterocycles. The van der Waals surface area contributed by atoms with Gasteiger partial charge >= 0.3 is 5.97 Å². The molecule has 1 rings (SSSR count). The predicted octanol–water partition coefficient (Wildman–Crippen LogP) is 1.27. The number of amides is 1. The van der Waals surface area contributed by atoms with Crippen molar-refractivity contribution in [3.63, 3.8) is 0 Å². The fraction of sp³-hybridized carbons (Fsp3) is 0.429. The molecule has 0 heterocycles. The van der Waals surface area contributed by atoms with Crippen LogP contribution in [0.1, 0.15) is 25.5 Å². The topological polar surface area (TPSA) is 69.6 Å². The fourth-order valence-electron chi connectivity index (χ4n) is 1.60. The summed E-state index contributed by atoms with van der Waals surface area (Å²) in [6, 6.07) is 8.04. The van der Waals surface area contributed by atoms with Gasteiger partial charge in [-0.3, -0.25) is 14.9 Å². The number of carbonyl (C=O) groups is 2. The molecule has 19 heavy (non-hydrogen) atoms. The minimum absolute atomic E-state index is 0.000537. The van der Waals surface area contributed by atoms with Crippen molar-refractivity contribution in [3.05, 3.63) is 35.9 Å². The second-order valence-corrected chi connectivity index (χ2v) is 4.66. The third-order valence-electron chi connectivity index (χ3n) is 3.01. The lowest BCUT2D eigenvalue weighted by Crippen LogP contribution is -2.41. The highest BCUT2D eigenvalue weighted by atomic mass is 16.4. The lowest BCUT2D eigenvalue weighted by Gasteiger charge is -2.23. The van der Waals surface area contributed by atoms with Gasteiger partial charge in [-0.1, -0.05) is 30.3 Å². The van der Waals surface area contributed by atoms with E-state index in [-0.39, 0.29) is 18.5 Å². The van der Waals surface area contributed by atoms with E-state index in [0.717, 1.165) is 0 Å². The number of rotatable bonds is 6. The molecule has 1 aromatic carbocycles. The number of hydrogen-bond acceptors (Lipinski definition) is 3. The van der Waals surface area contributed by atoms with E-state index in [1.807, 2.05) is 19.9 Å². The molecular formula is C14H20N2O3. The van der Waals surface area contributed by atoms with E-state index in [4.69, 9.17) is 0 Å². The zero-order valence-corrected chi connectivity index (χ0v) is 11.5. The third-order valence-corrected chi connectivity index (χ3v) is 3.01. The summed E-state index contributed by atoms with van der Waals surface area (Å²) in [5.41, 5.74) is 0.634. The molecule has 5 nitrogen and oxygen atoms in total. The van der Waals surface area contributed by atoms with Crippen LogP contribution in [-0.4, -0.2) is 41.5 Å². The van der Waals surface area contributed by atoms with Crippen LogP contribution in [0.4, 0.5) is 0 Å². The van der Waals surface area contributed by atoms with Crippen LogP contribution in [0.15, 0.2) is 30.3 Å². The van der Waals surface area contributed by atoms with E-state index in [1.54, 1.807) is 36.2 Å². The molecular weight excluding hydrogens is 244 g/mol. The van der Waals surface area contributed by atoms with E-state index in [0.29, 0.717) is 5.56 Å². The van der Waals surface area contributed by atoms with E-state index in [1.165, 1.54) is 0 Å². The summed E-state index contributed by atoms with van der Waals surface area (Å²) >= 11 is 0. The Morgan fingerprint density at radius 3 is 2.32 bits per heavy atom. The Hall–Kier alpha value is -1.88. The van der Waals surface area contributed by atoms with Gasteiger partial charge in [0, 0.05) is 13.1 Å². The van der Waals surface area contributed by atoms with Gasteiger partial charge < -0.3 is 10.0 Å². The second-order valence-electron chi connectivity index (χ2n) is 4.66. The monoisotopic (exact) mass is 264 g/mol. The molecule has 1 atom stereocenters. The molecule has 1 amide bonds. The number of nitrogens with zero attached hydrogens (tertiary/aromatic N) is 1. The quantitative estimate of drug-likeness (QED) is 0.811. The zero-order valence-electron chi connectivity index (χ0n) is 11.5. The van der Waals surface area contributed by atoms with E-state index in [2.05, 4.69) is 5.32 Å². The van der Waals surface area contributed by atoms with Gasteiger partial charge in [-0.2, -0.15) is 0 Å². The molecule has 0 radical (unpaired) electrons. The average molecular weight is 264 g/mol. The van der Waals surface area contributed by atoms with Crippen LogP contribution < -0.4 is 5.32 Å². The maximum absolute atomic E-state index is 11.8. The Morgan fingerprint density at radius 2 is 1.84 bits per heavy atom. The molecule has 0 aliphatic rings. The lowest BCUT2D eigenvalue weighted by atomic mass is 10.1. The summed E-state index contributed by atoms with van der Waals surface area (Å²) in [5, 5.41) is 12.0. The number of hydrogen-bond donors (Lipinski definition) is 2. The van der Waals surface area contributed by atoms with Crippen molar-refractivity contribution in [2.75, 3.05) is 13.6 Å². The largest absolute Gasteiger partial charge is 0.480 e. The highest BCUT2D eigenvalue weighted by Gasteiger charge is 2.21. The molecule has 0 bridgehead atoms. The van der Waals surface area contributed by atoms with Crippen LogP contribution in [0.25, 0.3) is 0 Å². The van der Waals surface area contributed by atoms with Crippen LogP contribution in [0, 0.1) is 0 Å². The number of nitrogens with one attached hydrogen (secondary N) is 1. The third kappa shape index (κ3) is 4.37. The zero-order chi connectivity index (χ0) is 14.4. The molecule has 0 saturated carbocycles. The van der Waals surface area contributed by atoms with Gasteiger partial charge in [0.2, 0.25) is 5.91 Å². The predicted molar refractivity (Wildman–Crippen MR) is 72.7 cm³/mol. The first-order chi connectivity index (χ1) is 8.93. The molecule has 2 N–H and O–H groups in total. The maximum atomic E-state index is 11.8. The molecule has 0 aliphatic heterocycles. The number of carboxylic acids is 1. The number of carbonyl (C=O) groups excluding carboxylic acids is 1. The van der Waals surface area contributed by atoms with Crippen molar-refractivity contribution < 1.29 is 14.7 Å². The van der Waals surface area contributed by atoms with Gasteiger partial charge in [-0.25, -0.2) is 0 Å². The molecule has 1 unspecified atom stereocenters. The van der Waals surface area contributed by atoms with Gasteiger partial charge in [0.1, 0.15) is 6.04 Å². The van der Waals surface area contributed by atoms with Crippen LogP contribution in [0.5, 0.6) is 0 Å². The van der Waals surface area contributed by atoms with E-state index in [9.17, 15) is 14.7 Å². The van der Waals surface area contributed by atoms with Gasteiger partial charge in [0.25, 0.3) is 0 Å². The summed E-state index contributed by atoms with van der Waals surface area (Å²) < 4.78 is 0. The number of likely N-dealkylation sites (N-methyl/N-ethyl adjacent to an activating group) is 1. The molecule has 0 spiro atoms. The highest BCUT2D eigenvalue weighted by molar-refractivity contribution is 5.80. The molecule has 0 aliphatic carbocycles. The van der Waals surface area contributed by atoms with Crippen molar-refractivity contribution in [1.29, 1.82) is 0 Å².